The van der Waals surface area contributed by atoms with E-state index in [2.05, 4.69) is 5.32 Å². The average molecular weight is 284 g/mol. The van der Waals surface area contributed by atoms with Crippen molar-refractivity contribution in [3.8, 4) is 0 Å². The first-order valence-corrected chi connectivity index (χ1v) is 6.11. The highest BCUT2D eigenvalue weighted by atomic mass is 16.2. The smallest absolute Gasteiger partial charge is 0.334 e. The molecule has 1 rings (SSSR count). The van der Waals surface area contributed by atoms with E-state index < -0.39 is 36.3 Å². The molecular weight excluding hydrogens is 268 g/mol. The Morgan fingerprint density at radius 1 is 1.10 bits per heavy atom. The summed E-state index contributed by atoms with van der Waals surface area (Å²) in [7, 11) is 1.31. The number of amides is 7. The third-order valence-electron chi connectivity index (χ3n) is 2.65. The van der Waals surface area contributed by atoms with Gasteiger partial charge in [-0.05, 0) is 6.42 Å². The molecule has 0 radical (unpaired) electrons. The van der Waals surface area contributed by atoms with Crippen LogP contribution in [0, 0.1) is 0 Å². The summed E-state index contributed by atoms with van der Waals surface area (Å²) < 4.78 is 0. The van der Waals surface area contributed by atoms with Crippen molar-refractivity contribution >= 4 is 29.8 Å². The quantitative estimate of drug-likeness (QED) is 0.498. The van der Waals surface area contributed by atoms with E-state index in [1.54, 1.807) is 0 Å². The fraction of sp³-hybridized carbons (Fsp3) is 0.545. The van der Waals surface area contributed by atoms with Crippen LogP contribution in [0.2, 0.25) is 0 Å². The summed E-state index contributed by atoms with van der Waals surface area (Å²) in [5, 5.41) is 4.06. The zero-order valence-corrected chi connectivity index (χ0v) is 11.3. The highest BCUT2D eigenvalue weighted by Gasteiger charge is 2.44. The topological polar surface area (TPSA) is 116 Å². The number of nitrogens with one attached hydrogen (secondary N) is 2. The molecule has 2 N–H and O–H groups in total. The van der Waals surface area contributed by atoms with Gasteiger partial charge >= 0.3 is 23.9 Å². The summed E-state index contributed by atoms with van der Waals surface area (Å²) in [6.45, 7) is 1.34. The molecule has 0 atom stereocenters. The summed E-state index contributed by atoms with van der Waals surface area (Å²) in [6.07, 6.45) is 1.32. The van der Waals surface area contributed by atoms with Gasteiger partial charge in [-0.25, -0.2) is 14.5 Å². The number of carbonyl (C=O) groups excluding carboxylic acids is 5. The van der Waals surface area contributed by atoms with Crippen LogP contribution in [0.3, 0.4) is 0 Å². The Balaban J connectivity index is 2.69. The minimum absolute atomic E-state index is 0.132. The molecule has 1 aliphatic heterocycles. The molecule has 0 bridgehead atoms. The lowest BCUT2D eigenvalue weighted by atomic mass is 10.3. The van der Waals surface area contributed by atoms with E-state index in [-0.39, 0.29) is 6.54 Å². The van der Waals surface area contributed by atoms with E-state index in [0.29, 0.717) is 11.3 Å². The zero-order valence-electron chi connectivity index (χ0n) is 11.3. The first-order valence-electron chi connectivity index (χ1n) is 6.11. The van der Waals surface area contributed by atoms with Gasteiger partial charge in [0.1, 0.15) is 6.54 Å². The summed E-state index contributed by atoms with van der Waals surface area (Å²) >= 11 is 0. The lowest BCUT2D eigenvalue weighted by molar-refractivity contribution is -0.143. The molecule has 0 spiro atoms. The van der Waals surface area contributed by atoms with Crippen molar-refractivity contribution in [3.63, 3.8) is 0 Å². The highest BCUT2D eigenvalue weighted by molar-refractivity contribution is 6.45. The zero-order chi connectivity index (χ0) is 15.3. The number of imide groups is 3. The van der Waals surface area contributed by atoms with Gasteiger partial charge in [0, 0.05) is 13.6 Å². The second-order valence-corrected chi connectivity index (χ2v) is 4.11. The number of hydrogen-bond acceptors (Lipinski definition) is 5. The summed E-state index contributed by atoms with van der Waals surface area (Å²) in [5.74, 6) is -2.86. The third-order valence-corrected chi connectivity index (χ3v) is 2.65. The first kappa shape index (κ1) is 15.6. The van der Waals surface area contributed by atoms with Crippen LogP contribution >= 0.6 is 0 Å². The number of urea groups is 2. The third kappa shape index (κ3) is 3.31. The van der Waals surface area contributed by atoms with Gasteiger partial charge in [-0.1, -0.05) is 13.3 Å². The molecule has 0 aromatic rings. The summed E-state index contributed by atoms with van der Waals surface area (Å²) in [5.41, 5.74) is 0. The van der Waals surface area contributed by atoms with Crippen molar-refractivity contribution < 1.29 is 24.0 Å². The van der Waals surface area contributed by atoms with Gasteiger partial charge in [0.15, 0.2) is 0 Å². The van der Waals surface area contributed by atoms with Crippen molar-refractivity contribution in [2.75, 3.05) is 20.1 Å². The maximum Gasteiger partial charge on any atom is 0.334 e. The Morgan fingerprint density at radius 2 is 1.70 bits per heavy atom. The normalized spacial score (nSPS) is 14.8. The van der Waals surface area contributed by atoms with Crippen LogP contribution in [0.5, 0.6) is 0 Å². The molecule has 1 fully saturated rings. The van der Waals surface area contributed by atoms with Crippen LogP contribution in [-0.2, 0) is 14.4 Å². The second kappa shape index (κ2) is 6.64. The monoisotopic (exact) mass is 284 g/mol. The molecule has 0 unspecified atom stereocenters. The SMILES string of the molecule is CCCCN1C(=O)C(=O)N(CC(=O)NC(=O)NC)C1=O. The molecule has 1 heterocycles. The van der Waals surface area contributed by atoms with E-state index >= 15 is 0 Å². The molecule has 0 aromatic heterocycles. The molecule has 9 nitrogen and oxygen atoms in total. The molecule has 1 saturated heterocycles. The lowest BCUT2D eigenvalue weighted by Gasteiger charge is -2.14. The van der Waals surface area contributed by atoms with Crippen molar-refractivity contribution in [1.29, 1.82) is 0 Å². The second-order valence-electron chi connectivity index (χ2n) is 4.11. The standard InChI is InChI=1S/C11H16N4O5/c1-3-4-5-14-8(17)9(18)15(11(14)20)6-7(16)13-10(19)12-2/h3-6H2,1-2H3,(H2,12,13,16,19). The van der Waals surface area contributed by atoms with Crippen LogP contribution in [0.4, 0.5) is 9.59 Å². The van der Waals surface area contributed by atoms with Gasteiger partial charge in [0.05, 0.1) is 0 Å². The number of hydrogen-bond donors (Lipinski definition) is 2. The fourth-order valence-corrected chi connectivity index (χ4v) is 1.58. The predicted molar refractivity (Wildman–Crippen MR) is 66.3 cm³/mol. The number of nitrogens with zero attached hydrogens (tertiary/aromatic N) is 2. The molecule has 0 aromatic carbocycles. The largest absolute Gasteiger partial charge is 0.341 e. The molecule has 0 aliphatic carbocycles. The molecule has 1 aliphatic rings. The Labute approximate surface area is 115 Å². The Bertz CT molecular complexity index is 462. The van der Waals surface area contributed by atoms with Crippen LogP contribution in [-0.4, -0.2) is 59.7 Å². The van der Waals surface area contributed by atoms with Crippen molar-refractivity contribution in [2.24, 2.45) is 0 Å². The molecule has 20 heavy (non-hydrogen) atoms. The van der Waals surface area contributed by atoms with E-state index in [1.807, 2.05) is 12.2 Å². The van der Waals surface area contributed by atoms with Crippen molar-refractivity contribution in [2.45, 2.75) is 19.8 Å². The first-order chi connectivity index (χ1) is 9.42. The Kier molecular flexibility index (Phi) is 5.18. The van der Waals surface area contributed by atoms with E-state index in [4.69, 9.17) is 0 Å². The average Bonchev–Trinajstić information content (AvgIpc) is 2.61. The Morgan fingerprint density at radius 3 is 2.25 bits per heavy atom. The number of carbonyl (C=O) groups is 5. The summed E-state index contributed by atoms with van der Waals surface area (Å²) in [4.78, 5) is 58.7. The van der Waals surface area contributed by atoms with Crippen molar-refractivity contribution in [3.05, 3.63) is 0 Å². The van der Waals surface area contributed by atoms with Crippen LogP contribution in [0.25, 0.3) is 0 Å². The van der Waals surface area contributed by atoms with Crippen LogP contribution < -0.4 is 10.6 Å². The minimum atomic E-state index is -1.06. The van der Waals surface area contributed by atoms with Crippen molar-refractivity contribution in [1.82, 2.24) is 20.4 Å². The minimum Gasteiger partial charge on any atom is -0.341 e. The Hall–Kier alpha value is -2.45. The molecule has 110 valence electrons. The van der Waals surface area contributed by atoms with E-state index in [0.717, 1.165) is 11.3 Å². The van der Waals surface area contributed by atoms with E-state index in [1.165, 1.54) is 7.05 Å². The van der Waals surface area contributed by atoms with Crippen LogP contribution in [0.1, 0.15) is 19.8 Å². The van der Waals surface area contributed by atoms with Gasteiger partial charge in [-0.3, -0.25) is 24.6 Å². The number of unbranched alkanes of at least 4 members (excludes halogenated alkanes) is 1. The highest BCUT2D eigenvalue weighted by Crippen LogP contribution is 2.12. The lowest BCUT2D eigenvalue weighted by Crippen LogP contribution is -2.45. The predicted octanol–water partition coefficient (Wildman–Crippen LogP) is -0.967. The molecular formula is C11H16N4O5. The van der Waals surface area contributed by atoms with Gasteiger partial charge in [0.2, 0.25) is 5.91 Å². The molecule has 9 heteroatoms. The van der Waals surface area contributed by atoms with Crippen LogP contribution in [0.15, 0.2) is 0 Å². The maximum atomic E-state index is 11.9. The number of rotatable bonds is 5. The fourth-order valence-electron chi connectivity index (χ4n) is 1.58. The van der Waals surface area contributed by atoms with Gasteiger partial charge in [0.25, 0.3) is 0 Å². The summed E-state index contributed by atoms with van der Waals surface area (Å²) in [6, 6.07) is -1.59. The maximum absolute atomic E-state index is 11.9. The van der Waals surface area contributed by atoms with E-state index in [9.17, 15) is 24.0 Å². The molecule has 0 saturated carbocycles. The molecule has 7 amide bonds. The van der Waals surface area contributed by atoms with Gasteiger partial charge in [-0.2, -0.15) is 0 Å². The van der Waals surface area contributed by atoms with Gasteiger partial charge < -0.3 is 5.32 Å². The van der Waals surface area contributed by atoms with Gasteiger partial charge in [-0.15, -0.1) is 0 Å².